The highest BCUT2D eigenvalue weighted by Crippen LogP contribution is 2.16. The van der Waals surface area contributed by atoms with Gasteiger partial charge in [0.15, 0.2) is 5.78 Å². The quantitative estimate of drug-likeness (QED) is 0.251. The van der Waals surface area contributed by atoms with Gasteiger partial charge in [0.05, 0.1) is 11.7 Å². The smallest absolute Gasteiger partial charge is 0.243 e. The number of β-amino-alcohol motifs (C(OH)–C–C–N with tert-alkyl or cyclic N) is 1. The number of aromatic nitrogens is 2. The lowest BCUT2D eigenvalue weighted by Crippen LogP contribution is -2.39. The number of amides is 1. The molecular formula is C18H28N4O4. The van der Waals surface area contributed by atoms with Crippen molar-refractivity contribution < 1.29 is 19.9 Å². The number of hydrogen-bond acceptors (Lipinski definition) is 7. The SMILES string of the molecule is O=C(CCCCCCCC(=O)c1cnc(N2CCC[C@@H](O)C2)nc1)NO. The van der Waals surface area contributed by atoms with Crippen LogP contribution < -0.4 is 10.4 Å². The Morgan fingerprint density at radius 2 is 1.77 bits per heavy atom. The highest BCUT2D eigenvalue weighted by Gasteiger charge is 2.20. The van der Waals surface area contributed by atoms with Gasteiger partial charge in [-0.3, -0.25) is 14.8 Å². The minimum Gasteiger partial charge on any atom is -0.391 e. The van der Waals surface area contributed by atoms with E-state index in [0.29, 0.717) is 30.9 Å². The largest absolute Gasteiger partial charge is 0.391 e. The van der Waals surface area contributed by atoms with E-state index >= 15 is 0 Å². The molecule has 2 rings (SSSR count). The lowest BCUT2D eigenvalue weighted by molar-refractivity contribution is -0.129. The first-order valence-corrected chi connectivity index (χ1v) is 9.31. The molecule has 3 N–H and O–H groups in total. The first-order chi connectivity index (χ1) is 12.6. The van der Waals surface area contributed by atoms with Gasteiger partial charge in [0.1, 0.15) is 0 Å². The van der Waals surface area contributed by atoms with E-state index in [9.17, 15) is 14.7 Å². The maximum Gasteiger partial charge on any atom is 0.243 e. The number of rotatable bonds is 10. The Morgan fingerprint density at radius 1 is 1.12 bits per heavy atom. The number of Topliss-reactive ketones (excluding diaryl/α,β-unsaturated/α-hetero) is 1. The summed E-state index contributed by atoms with van der Waals surface area (Å²) in [5.74, 6) is 0.241. The zero-order chi connectivity index (χ0) is 18.8. The number of aliphatic hydroxyl groups is 1. The highest BCUT2D eigenvalue weighted by molar-refractivity contribution is 5.95. The van der Waals surface area contributed by atoms with E-state index in [2.05, 4.69) is 9.97 Å². The Labute approximate surface area is 153 Å². The number of hydrogen-bond donors (Lipinski definition) is 3. The Hall–Kier alpha value is -2.06. The molecule has 26 heavy (non-hydrogen) atoms. The van der Waals surface area contributed by atoms with E-state index in [1.54, 1.807) is 17.9 Å². The summed E-state index contributed by atoms with van der Waals surface area (Å²) in [7, 11) is 0. The van der Waals surface area contributed by atoms with E-state index in [-0.39, 0.29) is 17.8 Å². The van der Waals surface area contributed by atoms with Crippen molar-refractivity contribution in [3.63, 3.8) is 0 Å². The fourth-order valence-electron chi connectivity index (χ4n) is 3.07. The van der Waals surface area contributed by atoms with Crippen LogP contribution in [0, 0.1) is 0 Å². The zero-order valence-electron chi connectivity index (χ0n) is 15.1. The summed E-state index contributed by atoms with van der Waals surface area (Å²) in [6, 6.07) is 0. The molecule has 1 saturated heterocycles. The van der Waals surface area contributed by atoms with Gasteiger partial charge in [-0.1, -0.05) is 19.3 Å². The number of aliphatic hydroxyl groups excluding tert-OH is 1. The van der Waals surface area contributed by atoms with Crippen molar-refractivity contribution in [1.29, 1.82) is 0 Å². The molecular weight excluding hydrogens is 336 g/mol. The molecule has 8 heteroatoms. The number of nitrogens with zero attached hydrogens (tertiary/aromatic N) is 3. The predicted octanol–water partition coefficient (Wildman–Crippen LogP) is 1.86. The Morgan fingerprint density at radius 3 is 2.42 bits per heavy atom. The molecule has 1 aliphatic heterocycles. The minimum absolute atomic E-state index is 0.0369. The molecule has 0 spiro atoms. The average molecular weight is 364 g/mol. The molecule has 144 valence electrons. The molecule has 0 saturated carbocycles. The summed E-state index contributed by atoms with van der Waals surface area (Å²) in [6.07, 6.45) is 9.63. The lowest BCUT2D eigenvalue weighted by Gasteiger charge is -2.29. The second-order valence-electron chi connectivity index (χ2n) is 6.74. The van der Waals surface area contributed by atoms with Crippen LogP contribution >= 0.6 is 0 Å². The van der Waals surface area contributed by atoms with Crippen LogP contribution in [-0.2, 0) is 4.79 Å². The molecule has 8 nitrogen and oxygen atoms in total. The standard InChI is InChI=1S/C18H28N4O4/c23-15-7-6-10-22(13-15)18-19-11-14(12-20-18)16(24)8-4-2-1-3-5-9-17(25)21-26/h11-12,15,23,26H,1-10,13H2,(H,21,25)/t15-/m1/s1. The second-order valence-corrected chi connectivity index (χ2v) is 6.74. The number of ketones is 1. The van der Waals surface area contributed by atoms with E-state index in [0.717, 1.165) is 51.5 Å². The van der Waals surface area contributed by atoms with Crippen molar-refractivity contribution in [2.45, 2.75) is 63.9 Å². The molecule has 2 heterocycles. The fraction of sp³-hybridized carbons (Fsp3) is 0.667. The number of carbonyl (C=O) groups is 2. The monoisotopic (exact) mass is 364 g/mol. The maximum absolute atomic E-state index is 12.2. The fourth-order valence-corrected chi connectivity index (χ4v) is 3.07. The summed E-state index contributed by atoms with van der Waals surface area (Å²) in [6.45, 7) is 1.36. The Bertz CT molecular complexity index is 579. The summed E-state index contributed by atoms with van der Waals surface area (Å²) >= 11 is 0. The maximum atomic E-state index is 12.2. The van der Waals surface area contributed by atoms with Crippen molar-refractivity contribution in [2.24, 2.45) is 0 Å². The third kappa shape index (κ3) is 6.68. The molecule has 0 aliphatic carbocycles. The summed E-state index contributed by atoms with van der Waals surface area (Å²) in [4.78, 5) is 33.5. The third-order valence-electron chi connectivity index (χ3n) is 4.57. The molecule has 1 aromatic heterocycles. The van der Waals surface area contributed by atoms with Crippen LogP contribution in [-0.4, -0.2) is 51.2 Å². The molecule has 0 radical (unpaired) electrons. The minimum atomic E-state index is -0.359. The summed E-state index contributed by atoms with van der Waals surface area (Å²) in [5.41, 5.74) is 2.14. The first kappa shape index (κ1) is 20.3. The molecule has 0 aromatic carbocycles. The van der Waals surface area contributed by atoms with Crippen LogP contribution in [0.2, 0.25) is 0 Å². The van der Waals surface area contributed by atoms with Crippen molar-refractivity contribution >= 4 is 17.6 Å². The normalized spacial score (nSPS) is 17.2. The van der Waals surface area contributed by atoms with Crippen molar-refractivity contribution in [2.75, 3.05) is 18.0 Å². The van der Waals surface area contributed by atoms with E-state index in [1.807, 2.05) is 4.90 Å². The second kappa shape index (κ2) is 10.8. The van der Waals surface area contributed by atoms with Crippen LogP contribution in [0.3, 0.4) is 0 Å². The average Bonchev–Trinajstić information content (AvgIpc) is 2.67. The van der Waals surface area contributed by atoms with Gasteiger partial charge in [0.25, 0.3) is 0 Å². The topological polar surface area (TPSA) is 116 Å². The summed E-state index contributed by atoms with van der Waals surface area (Å²) in [5, 5.41) is 18.1. The first-order valence-electron chi connectivity index (χ1n) is 9.31. The Balaban J connectivity index is 1.65. The molecule has 0 unspecified atom stereocenters. The van der Waals surface area contributed by atoms with Crippen LogP contribution in [0.1, 0.15) is 68.1 Å². The van der Waals surface area contributed by atoms with Crippen LogP contribution in [0.25, 0.3) is 0 Å². The van der Waals surface area contributed by atoms with Gasteiger partial charge >= 0.3 is 0 Å². The number of carbonyl (C=O) groups excluding carboxylic acids is 2. The third-order valence-corrected chi connectivity index (χ3v) is 4.57. The van der Waals surface area contributed by atoms with Crippen LogP contribution in [0.4, 0.5) is 5.95 Å². The van der Waals surface area contributed by atoms with Gasteiger partial charge in [0.2, 0.25) is 11.9 Å². The van der Waals surface area contributed by atoms with Gasteiger partial charge < -0.3 is 10.0 Å². The number of anilines is 1. The van der Waals surface area contributed by atoms with E-state index in [4.69, 9.17) is 5.21 Å². The van der Waals surface area contributed by atoms with Gasteiger partial charge in [-0.2, -0.15) is 0 Å². The molecule has 1 aliphatic rings. The number of unbranched alkanes of at least 4 members (excludes halogenated alkanes) is 4. The van der Waals surface area contributed by atoms with Gasteiger partial charge in [-0.15, -0.1) is 0 Å². The van der Waals surface area contributed by atoms with E-state index < -0.39 is 0 Å². The van der Waals surface area contributed by atoms with Gasteiger partial charge in [0, 0.05) is 38.3 Å². The summed E-state index contributed by atoms with van der Waals surface area (Å²) < 4.78 is 0. The molecule has 1 amide bonds. The van der Waals surface area contributed by atoms with Crippen LogP contribution in [0.15, 0.2) is 12.4 Å². The Kier molecular flexibility index (Phi) is 8.43. The molecule has 1 fully saturated rings. The van der Waals surface area contributed by atoms with E-state index in [1.165, 1.54) is 0 Å². The van der Waals surface area contributed by atoms with Crippen molar-refractivity contribution in [3.05, 3.63) is 18.0 Å². The zero-order valence-corrected chi connectivity index (χ0v) is 15.1. The number of nitrogens with one attached hydrogen (secondary N) is 1. The van der Waals surface area contributed by atoms with Crippen molar-refractivity contribution in [1.82, 2.24) is 15.4 Å². The molecule has 1 aromatic rings. The van der Waals surface area contributed by atoms with Crippen LogP contribution in [0.5, 0.6) is 0 Å². The number of piperidine rings is 1. The van der Waals surface area contributed by atoms with Gasteiger partial charge in [-0.05, 0) is 25.7 Å². The van der Waals surface area contributed by atoms with Crippen molar-refractivity contribution in [3.8, 4) is 0 Å². The highest BCUT2D eigenvalue weighted by atomic mass is 16.5. The molecule has 0 bridgehead atoms. The predicted molar refractivity (Wildman–Crippen MR) is 96.1 cm³/mol. The molecule has 1 atom stereocenters. The number of hydroxylamine groups is 1. The van der Waals surface area contributed by atoms with Gasteiger partial charge in [-0.25, -0.2) is 15.4 Å². The lowest BCUT2D eigenvalue weighted by atomic mass is 10.1.